The first-order valence-electron chi connectivity index (χ1n) is 5.75. The summed E-state index contributed by atoms with van der Waals surface area (Å²) >= 11 is 0. The first-order chi connectivity index (χ1) is 7.63. The average Bonchev–Trinajstić information content (AvgIpc) is 2.70. The highest BCUT2D eigenvalue weighted by molar-refractivity contribution is 4.99. The molecule has 0 aliphatic heterocycles. The molecule has 0 saturated carbocycles. The Labute approximate surface area is 96.4 Å². The van der Waals surface area contributed by atoms with E-state index >= 15 is 0 Å². The standard InChI is InChI=1S/C11H21N3O2/c1-5-8(7(3)12)11-13-10(14-16-11)9(6-2)15-4/h7-9H,5-6,12H2,1-4H3. The van der Waals surface area contributed by atoms with Crippen molar-refractivity contribution in [1.82, 2.24) is 10.1 Å². The SMILES string of the molecule is CCC(OC)c1noc(C(CC)C(C)N)n1. The van der Waals surface area contributed by atoms with Gasteiger partial charge in [-0.05, 0) is 19.8 Å². The zero-order valence-electron chi connectivity index (χ0n) is 10.4. The highest BCUT2D eigenvalue weighted by Crippen LogP contribution is 2.23. The van der Waals surface area contributed by atoms with Crippen molar-refractivity contribution < 1.29 is 9.26 Å². The van der Waals surface area contributed by atoms with Gasteiger partial charge in [-0.1, -0.05) is 19.0 Å². The predicted molar refractivity (Wildman–Crippen MR) is 61.0 cm³/mol. The van der Waals surface area contributed by atoms with Gasteiger partial charge in [0.05, 0.1) is 5.92 Å². The summed E-state index contributed by atoms with van der Waals surface area (Å²) in [7, 11) is 1.65. The van der Waals surface area contributed by atoms with E-state index in [4.69, 9.17) is 15.0 Å². The van der Waals surface area contributed by atoms with E-state index in [1.165, 1.54) is 0 Å². The number of hydrogen-bond acceptors (Lipinski definition) is 5. The zero-order valence-corrected chi connectivity index (χ0v) is 10.4. The van der Waals surface area contributed by atoms with Crippen molar-refractivity contribution >= 4 is 0 Å². The molecule has 92 valence electrons. The molecule has 16 heavy (non-hydrogen) atoms. The largest absolute Gasteiger partial charge is 0.373 e. The summed E-state index contributed by atoms with van der Waals surface area (Å²) in [6.45, 7) is 6.03. The van der Waals surface area contributed by atoms with Crippen molar-refractivity contribution in [1.29, 1.82) is 0 Å². The molecule has 0 fully saturated rings. The summed E-state index contributed by atoms with van der Waals surface area (Å²) in [5.74, 6) is 1.35. The van der Waals surface area contributed by atoms with Crippen molar-refractivity contribution in [3.05, 3.63) is 11.7 Å². The summed E-state index contributed by atoms with van der Waals surface area (Å²) < 4.78 is 10.5. The van der Waals surface area contributed by atoms with Gasteiger partial charge in [-0.25, -0.2) is 0 Å². The minimum absolute atomic E-state index is 0.0147. The maximum atomic E-state index is 5.87. The molecule has 0 aliphatic rings. The van der Waals surface area contributed by atoms with Gasteiger partial charge >= 0.3 is 0 Å². The van der Waals surface area contributed by atoms with Crippen LogP contribution in [0, 0.1) is 0 Å². The summed E-state index contributed by atoms with van der Waals surface area (Å²) in [4.78, 5) is 4.36. The molecule has 0 amide bonds. The van der Waals surface area contributed by atoms with E-state index in [1.807, 2.05) is 13.8 Å². The summed E-state index contributed by atoms with van der Waals surface area (Å²) in [5.41, 5.74) is 5.87. The zero-order chi connectivity index (χ0) is 12.1. The van der Waals surface area contributed by atoms with Gasteiger partial charge in [0.15, 0.2) is 0 Å². The lowest BCUT2D eigenvalue weighted by Crippen LogP contribution is -2.24. The third kappa shape index (κ3) is 2.80. The molecule has 3 atom stereocenters. The lowest BCUT2D eigenvalue weighted by molar-refractivity contribution is 0.0903. The minimum atomic E-state index is -0.0944. The molecule has 0 spiro atoms. The van der Waals surface area contributed by atoms with E-state index in [0.29, 0.717) is 11.7 Å². The van der Waals surface area contributed by atoms with E-state index in [9.17, 15) is 0 Å². The van der Waals surface area contributed by atoms with E-state index < -0.39 is 0 Å². The summed E-state index contributed by atoms with van der Waals surface area (Å²) in [6.07, 6.45) is 1.62. The smallest absolute Gasteiger partial charge is 0.231 e. The molecule has 1 rings (SSSR count). The fourth-order valence-corrected chi connectivity index (χ4v) is 1.75. The number of ether oxygens (including phenoxy) is 1. The summed E-state index contributed by atoms with van der Waals surface area (Å²) in [5, 5.41) is 3.94. The second-order valence-corrected chi connectivity index (χ2v) is 4.00. The fraction of sp³-hybridized carbons (Fsp3) is 0.818. The summed E-state index contributed by atoms with van der Waals surface area (Å²) in [6, 6.07) is 0.0147. The first-order valence-corrected chi connectivity index (χ1v) is 5.75. The highest BCUT2D eigenvalue weighted by atomic mass is 16.5. The van der Waals surface area contributed by atoms with E-state index in [2.05, 4.69) is 17.1 Å². The topological polar surface area (TPSA) is 74.2 Å². The van der Waals surface area contributed by atoms with Crippen molar-refractivity contribution in [2.75, 3.05) is 7.11 Å². The van der Waals surface area contributed by atoms with Crippen LogP contribution < -0.4 is 5.73 Å². The molecule has 0 aliphatic carbocycles. The minimum Gasteiger partial charge on any atom is -0.373 e. The fourth-order valence-electron chi connectivity index (χ4n) is 1.75. The van der Waals surface area contributed by atoms with Gasteiger partial charge in [0, 0.05) is 13.2 Å². The van der Waals surface area contributed by atoms with E-state index in [-0.39, 0.29) is 18.1 Å². The maximum absolute atomic E-state index is 5.87. The lowest BCUT2D eigenvalue weighted by Gasteiger charge is -2.13. The second kappa shape index (κ2) is 5.96. The van der Waals surface area contributed by atoms with Crippen LogP contribution in [-0.2, 0) is 4.74 Å². The Kier molecular flexibility index (Phi) is 4.89. The number of aromatic nitrogens is 2. The third-order valence-corrected chi connectivity index (χ3v) is 2.79. The Bertz CT molecular complexity index is 308. The molecule has 1 aromatic rings. The number of rotatable bonds is 6. The Morgan fingerprint density at radius 3 is 2.50 bits per heavy atom. The molecule has 2 N–H and O–H groups in total. The van der Waals surface area contributed by atoms with Gasteiger partial charge in [0.2, 0.25) is 11.7 Å². The number of nitrogens with two attached hydrogens (primary N) is 1. The second-order valence-electron chi connectivity index (χ2n) is 4.00. The van der Waals surface area contributed by atoms with E-state index in [1.54, 1.807) is 7.11 Å². The van der Waals surface area contributed by atoms with Gasteiger partial charge in [0.25, 0.3) is 0 Å². The lowest BCUT2D eigenvalue weighted by atomic mass is 9.99. The molecule has 1 heterocycles. The van der Waals surface area contributed by atoms with Crippen molar-refractivity contribution in [2.45, 2.75) is 51.7 Å². The van der Waals surface area contributed by atoms with Crippen molar-refractivity contribution in [3.63, 3.8) is 0 Å². The Morgan fingerprint density at radius 1 is 1.38 bits per heavy atom. The molecule has 0 radical (unpaired) electrons. The third-order valence-electron chi connectivity index (χ3n) is 2.79. The van der Waals surface area contributed by atoms with Crippen LogP contribution in [0.3, 0.4) is 0 Å². The van der Waals surface area contributed by atoms with Gasteiger partial charge < -0.3 is 15.0 Å². The molecule has 5 heteroatoms. The Balaban J connectivity index is 2.84. The number of hydrogen-bond donors (Lipinski definition) is 1. The first kappa shape index (κ1) is 13.1. The monoisotopic (exact) mass is 227 g/mol. The van der Waals surface area contributed by atoms with Crippen LogP contribution in [-0.4, -0.2) is 23.3 Å². The van der Waals surface area contributed by atoms with Crippen LogP contribution in [0.1, 0.15) is 57.3 Å². The Morgan fingerprint density at radius 2 is 2.06 bits per heavy atom. The van der Waals surface area contributed by atoms with Crippen LogP contribution in [0.5, 0.6) is 0 Å². The van der Waals surface area contributed by atoms with Crippen LogP contribution in [0.25, 0.3) is 0 Å². The van der Waals surface area contributed by atoms with Crippen LogP contribution in [0.2, 0.25) is 0 Å². The molecule has 0 saturated heterocycles. The van der Waals surface area contributed by atoms with Crippen molar-refractivity contribution in [3.8, 4) is 0 Å². The normalized spacial score (nSPS) is 17.1. The Hall–Kier alpha value is -0.940. The maximum Gasteiger partial charge on any atom is 0.231 e. The van der Waals surface area contributed by atoms with Gasteiger partial charge in [-0.15, -0.1) is 0 Å². The molecule has 3 unspecified atom stereocenters. The van der Waals surface area contributed by atoms with Crippen LogP contribution in [0.15, 0.2) is 4.52 Å². The highest BCUT2D eigenvalue weighted by Gasteiger charge is 2.23. The molecule has 5 nitrogen and oxygen atoms in total. The number of methoxy groups -OCH3 is 1. The average molecular weight is 227 g/mol. The number of nitrogens with zero attached hydrogens (tertiary/aromatic N) is 2. The van der Waals surface area contributed by atoms with Crippen LogP contribution in [0.4, 0.5) is 0 Å². The molecular formula is C11H21N3O2. The van der Waals surface area contributed by atoms with Crippen molar-refractivity contribution in [2.24, 2.45) is 5.73 Å². The molecule has 0 bridgehead atoms. The predicted octanol–water partition coefficient (Wildman–Crippen LogP) is 2.01. The van der Waals surface area contributed by atoms with Gasteiger partial charge in [0.1, 0.15) is 6.10 Å². The molecule has 1 aromatic heterocycles. The quantitative estimate of drug-likeness (QED) is 0.804. The van der Waals surface area contributed by atoms with Crippen LogP contribution >= 0.6 is 0 Å². The van der Waals surface area contributed by atoms with E-state index in [0.717, 1.165) is 12.8 Å². The molecule has 0 aromatic carbocycles. The van der Waals surface area contributed by atoms with Gasteiger partial charge in [-0.2, -0.15) is 4.98 Å². The van der Waals surface area contributed by atoms with Gasteiger partial charge in [-0.3, -0.25) is 0 Å². The molecular weight excluding hydrogens is 206 g/mol.